The minimum atomic E-state index is -4.80. The van der Waals surface area contributed by atoms with Crippen molar-refractivity contribution in [3.63, 3.8) is 0 Å². The van der Waals surface area contributed by atoms with Crippen molar-refractivity contribution >= 4 is 33.4 Å². The number of likely N-dealkylation sites (N-methyl/N-ethyl adjacent to an activating group) is 1. The van der Waals surface area contributed by atoms with Crippen molar-refractivity contribution in [1.82, 2.24) is 4.90 Å². The summed E-state index contributed by atoms with van der Waals surface area (Å²) < 4.78 is 40.8. The number of nitrogens with zero attached hydrogens (tertiary/aromatic N) is 1. The first-order valence-electron chi connectivity index (χ1n) is 7.31. The number of carbonyl (C=O) groups excluding carboxylic acids is 2. The molecular weight excluding hydrogens is 417 g/mol. The van der Waals surface area contributed by atoms with Gasteiger partial charge in [0, 0.05) is 17.1 Å². The van der Waals surface area contributed by atoms with E-state index < -0.39 is 23.9 Å². The van der Waals surface area contributed by atoms with Crippen LogP contribution in [-0.4, -0.2) is 36.7 Å². The van der Waals surface area contributed by atoms with Crippen molar-refractivity contribution in [2.24, 2.45) is 0 Å². The Labute approximate surface area is 155 Å². The number of hydrogen-bond acceptors (Lipinski definition) is 3. The summed E-state index contributed by atoms with van der Waals surface area (Å²) in [7, 11) is 1.42. The van der Waals surface area contributed by atoms with Gasteiger partial charge >= 0.3 is 6.36 Å². The zero-order valence-corrected chi connectivity index (χ0v) is 15.1. The third-order valence-corrected chi connectivity index (χ3v) is 3.90. The van der Waals surface area contributed by atoms with Crippen LogP contribution in [0.4, 0.5) is 18.9 Å². The van der Waals surface area contributed by atoms with Gasteiger partial charge in [0.25, 0.3) is 5.91 Å². The van der Waals surface area contributed by atoms with Crippen LogP contribution in [0.15, 0.2) is 53.0 Å². The molecule has 2 aromatic rings. The van der Waals surface area contributed by atoms with E-state index in [0.29, 0.717) is 10.2 Å². The van der Waals surface area contributed by atoms with Gasteiger partial charge in [-0.1, -0.05) is 12.1 Å². The first-order valence-corrected chi connectivity index (χ1v) is 8.10. The molecule has 138 valence electrons. The van der Waals surface area contributed by atoms with E-state index in [1.807, 2.05) is 0 Å². The van der Waals surface area contributed by atoms with E-state index in [-0.39, 0.29) is 12.1 Å². The SMILES string of the molecule is CN(CC(=O)Nc1ccccc1Br)C(=O)c1ccc(OC(F)(F)F)cc1. The number of amides is 2. The smallest absolute Gasteiger partial charge is 0.406 e. The Morgan fingerprint density at radius 1 is 1.12 bits per heavy atom. The molecule has 0 aliphatic carbocycles. The van der Waals surface area contributed by atoms with Crippen LogP contribution in [-0.2, 0) is 4.79 Å². The Morgan fingerprint density at radius 3 is 2.31 bits per heavy atom. The first-order chi connectivity index (χ1) is 12.2. The van der Waals surface area contributed by atoms with Crippen LogP contribution in [0.5, 0.6) is 5.75 Å². The molecule has 1 N–H and O–H groups in total. The molecule has 0 bridgehead atoms. The van der Waals surface area contributed by atoms with Crippen LogP contribution in [0.1, 0.15) is 10.4 Å². The topological polar surface area (TPSA) is 58.6 Å². The second kappa shape index (κ2) is 8.22. The summed E-state index contributed by atoms with van der Waals surface area (Å²) >= 11 is 3.30. The lowest BCUT2D eigenvalue weighted by molar-refractivity contribution is -0.274. The maximum absolute atomic E-state index is 12.3. The number of carbonyl (C=O) groups is 2. The summed E-state index contributed by atoms with van der Waals surface area (Å²) in [5.41, 5.74) is 0.697. The molecule has 2 rings (SSSR count). The maximum Gasteiger partial charge on any atom is 0.573 e. The van der Waals surface area contributed by atoms with E-state index >= 15 is 0 Å². The largest absolute Gasteiger partial charge is 0.573 e. The predicted octanol–water partition coefficient (Wildman–Crippen LogP) is 4.06. The van der Waals surface area contributed by atoms with E-state index in [0.717, 1.165) is 17.0 Å². The molecule has 2 aromatic carbocycles. The number of halogens is 4. The third-order valence-electron chi connectivity index (χ3n) is 3.21. The Kier molecular flexibility index (Phi) is 6.25. The number of nitrogens with one attached hydrogen (secondary N) is 1. The minimum Gasteiger partial charge on any atom is -0.406 e. The Balaban J connectivity index is 1.96. The molecule has 0 atom stereocenters. The van der Waals surface area contributed by atoms with E-state index in [2.05, 4.69) is 26.0 Å². The quantitative estimate of drug-likeness (QED) is 0.777. The highest BCUT2D eigenvalue weighted by molar-refractivity contribution is 9.10. The Morgan fingerprint density at radius 2 is 1.73 bits per heavy atom. The monoisotopic (exact) mass is 430 g/mol. The molecule has 9 heteroatoms. The fourth-order valence-electron chi connectivity index (χ4n) is 2.06. The highest BCUT2D eigenvalue weighted by Gasteiger charge is 2.31. The number of alkyl halides is 3. The normalized spacial score (nSPS) is 11.0. The van der Waals surface area contributed by atoms with Gasteiger partial charge in [-0.2, -0.15) is 0 Å². The summed E-state index contributed by atoms with van der Waals surface area (Å²) in [5, 5.41) is 2.66. The lowest BCUT2D eigenvalue weighted by atomic mass is 10.2. The average Bonchev–Trinajstić information content (AvgIpc) is 2.55. The van der Waals surface area contributed by atoms with Crippen molar-refractivity contribution in [3.05, 3.63) is 58.6 Å². The van der Waals surface area contributed by atoms with E-state index in [9.17, 15) is 22.8 Å². The average molecular weight is 431 g/mol. The van der Waals surface area contributed by atoms with Gasteiger partial charge in [0.15, 0.2) is 0 Å². The fraction of sp³-hybridized carbons (Fsp3) is 0.176. The maximum atomic E-state index is 12.3. The number of anilines is 1. The molecular formula is C17H14BrF3N2O3. The predicted molar refractivity (Wildman–Crippen MR) is 92.9 cm³/mol. The standard InChI is InChI=1S/C17H14BrF3N2O3/c1-23(10-15(24)22-14-5-3-2-4-13(14)18)16(25)11-6-8-12(9-7-11)26-17(19,20)21/h2-9H,10H2,1H3,(H,22,24). The van der Waals surface area contributed by atoms with Gasteiger partial charge in [-0.25, -0.2) is 0 Å². The van der Waals surface area contributed by atoms with Crippen LogP contribution < -0.4 is 10.1 Å². The van der Waals surface area contributed by atoms with Crippen LogP contribution >= 0.6 is 15.9 Å². The summed E-state index contributed by atoms with van der Waals surface area (Å²) in [6.07, 6.45) is -4.80. The highest BCUT2D eigenvalue weighted by atomic mass is 79.9. The molecule has 0 spiro atoms. The van der Waals surface area contributed by atoms with Crippen molar-refractivity contribution in [2.45, 2.75) is 6.36 Å². The highest BCUT2D eigenvalue weighted by Crippen LogP contribution is 2.23. The molecule has 0 unspecified atom stereocenters. The summed E-state index contributed by atoms with van der Waals surface area (Å²) in [6.45, 7) is -0.221. The summed E-state index contributed by atoms with van der Waals surface area (Å²) in [4.78, 5) is 25.5. The second-order valence-electron chi connectivity index (χ2n) is 5.26. The van der Waals surface area contributed by atoms with Gasteiger partial charge in [0.2, 0.25) is 5.91 Å². The van der Waals surface area contributed by atoms with E-state index in [1.54, 1.807) is 24.3 Å². The molecule has 2 amide bonds. The third kappa shape index (κ3) is 5.76. The van der Waals surface area contributed by atoms with Gasteiger partial charge in [0.1, 0.15) is 5.75 Å². The number of ether oxygens (including phenoxy) is 1. The van der Waals surface area contributed by atoms with Crippen LogP contribution in [0, 0.1) is 0 Å². The van der Waals surface area contributed by atoms with Crippen LogP contribution in [0.25, 0.3) is 0 Å². The van der Waals surface area contributed by atoms with Crippen molar-refractivity contribution < 1.29 is 27.5 Å². The van der Waals surface area contributed by atoms with E-state index in [1.165, 1.54) is 19.2 Å². The molecule has 0 aromatic heterocycles. The lowest BCUT2D eigenvalue weighted by Crippen LogP contribution is -2.35. The zero-order chi connectivity index (χ0) is 19.3. The number of benzene rings is 2. The number of para-hydroxylation sites is 1. The second-order valence-corrected chi connectivity index (χ2v) is 6.12. The van der Waals surface area contributed by atoms with Crippen molar-refractivity contribution in [3.8, 4) is 5.75 Å². The molecule has 0 heterocycles. The number of hydrogen-bond donors (Lipinski definition) is 1. The molecule has 0 fully saturated rings. The minimum absolute atomic E-state index is 0.135. The van der Waals surface area contributed by atoms with Gasteiger partial charge in [-0.3, -0.25) is 9.59 Å². The van der Waals surface area contributed by atoms with Gasteiger partial charge in [-0.15, -0.1) is 13.2 Å². The number of rotatable bonds is 5. The summed E-state index contributed by atoms with van der Waals surface area (Å²) in [6, 6.07) is 11.5. The zero-order valence-electron chi connectivity index (χ0n) is 13.5. The van der Waals surface area contributed by atoms with Crippen LogP contribution in [0.2, 0.25) is 0 Å². The van der Waals surface area contributed by atoms with Gasteiger partial charge < -0.3 is 15.0 Å². The Bertz CT molecular complexity index is 795. The van der Waals surface area contributed by atoms with E-state index in [4.69, 9.17) is 0 Å². The first kappa shape index (κ1) is 19.8. The molecule has 0 aliphatic rings. The van der Waals surface area contributed by atoms with Crippen molar-refractivity contribution in [2.75, 3.05) is 18.9 Å². The fourth-order valence-corrected chi connectivity index (χ4v) is 2.44. The molecule has 0 saturated carbocycles. The van der Waals surface area contributed by atoms with Gasteiger partial charge in [-0.05, 0) is 52.3 Å². The molecule has 0 radical (unpaired) electrons. The summed E-state index contributed by atoms with van der Waals surface area (Å²) in [5.74, 6) is -1.35. The lowest BCUT2D eigenvalue weighted by Gasteiger charge is -2.17. The molecule has 5 nitrogen and oxygen atoms in total. The van der Waals surface area contributed by atoms with Gasteiger partial charge in [0.05, 0.1) is 12.2 Å². The van der Waals surface area contributed by atoms with Crippen molar-refractivity contribution in [1.29, 1.82) is 0 Å². The molecule has 0 saturated heterocycles. The molecule has 0 aliphatic heterocycles. The Hall–Kier alpha value is -2.55. The molecule has 26 heavy (non-hydrogen) atoms. The van der Waals surface area contributed by atoms with Crippen LogP contribution in [0.3, 0.4) is 0 Å².